The van der Waals surface area contributed by atoms with Gasteiger partial charge in [-0.15, -0.1) is 0 Å². The van der Waals surface area contributed by atoms with Crippen LogP contribution in [0.4, 0.5) is 4.79 Å². The van der Waals surface area contributed by atoms with E-state index in [-0.39, 0.29) is 6.04 Å². The molecule has 0 saturated carbocycles. The van der Waals surface area contributed by atoms with E-state index in [2.05, 4.69) is 10.6 Å². The molecule has 0 aromatic heterocycles. The number of thioether (sulfide) groups is 1. The average molecular weight is 310 g/mol. The van der Waals surface area contributed by atoms with E-state index < -0.39 is 18.0 Å². The third-order valence-corrected chi connectivity index (χ3v) is 3.77. The first-order valence-electron chi connectivity index (χ1n) is 6.92. The Bertz CT molecular complexity index is 453. The lowest BCUT2D eigenvalue weighted by atomic mass is 10.1. The van der Waals surface area contributed by atoms with Crippen molar-refractivity contribution in [3.63, 3.8) is 0 Å². The van der Waals surface area contributed by atoms with Crippen LogP contribution in [0.1, 0.15) is 31.4 Å². The van der Waals surface area contributed by atoms with Crippen LogP contribution in [-0.2, 0) is 4.79 Å². The standard InChI is InChI=1S/C15H22N2O3S/c1-3-12(11-7-5-4-6-8-11)16-15(20)17-13(14(18)19)9-10-21-2/h4-8,12-13H,3,9-10H2,1-2H3,(H,18,19)(H2,16,17,20)/t12?,13-/m1/s1. The van der Waals surface area contributed by atoms with E-state index in [0.29, 0.717) is 12.2 Å². The van der Waals surface area contributed by atoms with Crippen molar-refractivity contribution >= 4 is 23.8 Å². The SMILES string of the molecule is CCC(NC(=O)N[C@H](CCSC)C(=O)O)c1ccccc1. The summed E-state index contributed by atoms with van der Waals surface area (Å²) in [6.45, 7) is 1.97. The quantitative estimate of drug-likeness (QED) is 0.690. The fraction of sp³-hybridized carbons (Fsp3) is 0.467. The van der Waals surface area contributed by atoms with E-state index in [9.17, 15) is 9.59 Å². The number of carboxylic acid groups (broad SMARTS) is 1. The Morgan fingerprint density at radius 2 is 1.90 bits per heavy atom. The summed E-state index contributed by atoms with van der Waals surface area (Å²) < 4.78 is 0. The number of rotatable bonds is 8. The molecule has 0 aliphatic carbocycles. The van der Waals surface area contributed by atoms with Gasteiger partial charge in [-0.3, -0.25) is 0 Å². The topological polar surface area (TPSA) is 78.4 Å². The average Bonchev–Trinajstić information content (AvgIpc) is 2.49. The highest BCUT2D eigenvalue weighted by atomic mass is 32.2. The van der Waals surface area contributed by atoms with Crippen LogP contribution in [0.5, 0.6) is 0 Å². The van der Waals surface area contributed by atoms with Gasteiger partial charge in [0.2, 0.25) is 0 Å². The molecular weight excluding hydrogens is 288 g/mol. The molecular formula is C15H22N2O3S. The minimum Gasteiger partial charge on any atom is -0.480 e. The van der Waals surface area contributed by atoms with Crippen molar-refractivity contribution in [1.29, 1.82) is 0 Å². The molecule has 0 saturated heterocycles. The molecule has 21 heavy (non-hydrogen) atoms. The minimum atomic E-state index is -1.01. The van der Waals surface area contributed by atoms with Crippen LogP contribution in [0, 0.1) is 0 Å². The number of carbonyl (C=O) groups excluding carboxylic acids is 1. The van der Waals surface area contributed by atoms with Gasteiger partial charge in [0.15, 0.2) is 0 Å². The zero-order chi connectivity index (χ0) is 15.7. The third kappa shape index (κ3) is 6.08. The van der Waals surface area contributed by atoms with Crippen molar-refractivity contribution in [1.82, 2.24) is 10.6 Å². The largest absolute Gasteiger partial charge is 0.480 e. The number of benzene rings is 1. The first-order chi connectivity index (χ1) is 10.1. The molecule has 0 heterocycles. The predicted octanol–water partition coefficient (Wildman–Crippen LogP) is 2.64. The maximum absolute atomic E-state index is 12.0. The maximum atomic E-state index is 12.0. The Morgan fingerprint density at radius 3 is 2.43 bits per heavy atom. The fourth-order valence-electron chi connectivity index (χ4n) is 1.96. The first-order valence-corrected chi connectivity index (χ1v) is 8.31. The lowest BCUT2D eigenvalue weighted by Gasteiger charge is -2.20. The number of carboxylic acids is 1. The predicted molar refractivity (Wildman–Crippen MR) is 85.6 cm³/mol. The zero-order valence-electron chi connectivity index (χ0n) is 12.3. The normalized spacial score (nSPS) is 13.2. The van der Waals surface area contributed by atoms with Crippen LogP contribution in [0.3, 0.4) is 0 Å². The highest BCUT2D eigenvalue weighted by Crippen LogP contribution is 2.15. The molecule has 2 amide bonds. The van der Waals surface area contributed by atoms with Crippen molar-refractivity contribution in [3.05, 3.63) is 35.9 Å². The Balaban J connectivity index is 2.59. The number of nitrogens with one attached hydrogen (secondary N) is 2. The zero-order valence-corrected chi connectivity index (χ0v) is 13.2. The second-order valence-electron chi connectivity index (χ2n) is 4.66. The fourth-order valence-corrected chi connectivity index (χ4v) is 2.43. The summed E-state index contributed by atoms with van der Waals surface area (Å²) in [6.07, 6.45) is 3.05. The van der Waals surface area contributed by atoms with E-state index >= 15 is 0 Å². The monoisotopic (exact) mass is 310 g/mol. The number of urea groups is 1. The van der Waals surface area contributed by atoms with E-state index in [4.69, 9.17) is 5.11 Å². The summed E-state index contributed by atoms with van der Waals surface area (Å²) >= 11 is 1.55. The second kappa shape index (κ2) is 9.28. The Hall–Kier alpha value is -1.69. The number of carbonyl (C=O) groups is 2. The number of hydrogen-bond donors (Lipinski definition) is 3. The van der Waals surface area contributed by atoms with Gasteiger partial charge in [-0.05, 0) is 30.4 Å². The molecule has 1 unspecified atom stereocenters. The van der Waals surface area contributed by atoms with Gasteiger partial charge in [0.25, 0.3) is 0 Å². The van der Waals surface area contributed by atoms with Gasteiger partial charge >= 0.3 is 12.0 Å². The van der Waals surface area contributed by atoms with E-state index in [0.717, 1.165) is 12.0 Å². The lowest BCUT2D eigenvalue weighted by molar-refractivity contribution is -0.139. The highest BCUT2D eigenvalue weighted by molar-refractivity contribution is 7.98. The molecule has 6 heteroatoms. The van der Waals surface area contributed by atoms with Gasteiger partial charge in [-0.25, -0.2) is 9.59 Å². The molecule has 116 valence electrons. The molecule has 0 aliphatic heterocycles. The summed E-state index contributed by atoms with van der Waals surface area (Å²) in [4.78, 5) is 23.1. The molecule has 0 radical (unpaired) electrons. The van der Waals surface area contributed by atoms with Gasteiger partial charge in [0, 0.05) is 0 Å². The van der Waals surface area contributed by atoms with Gasteiger partial charge in [-0.1, -0.05) is 37.3 Å². The summed E-state index contributed by atoms with van der Waals surface area (Å²) in [7, 11) is 0. The molecule has 0 bridgehead atoms. The minimum absolute atomic E-state index is 0.124. The summed E-state index contributed by atoms with van der Waals surface area (Å²) in [5.41, 5.74) is 1.01. The van der Waals surface area contributed by atoms with Crippen LogP contribution >= 0.6 is 11.8 Å². The number of amides is 2. The number of aliphatic carboxylic acids is 1. The second-order valence-corrected chi connectivity index (χ2v) is 5.65. The summed E-state index contributed by atoms with van der Waals surface area (Å²) in [6, 6.07) is 8.20. The van der Waals surface area contributed by atoms with E-state index in [1.165, 1.54) is 0 Å². The van der Waals surface area contributed by atoms with Crippen molar-refractivity contribution in [2.75, 3.05) is 12.0 Å². The van der Waals surface area contributed by atoms with Gasteiger partial charge in [-0.2, -0.15) is 11.8 Å². The van der Waals surface area contributed by atoms with Crippen LogP contribution in [0.2, 0.25) is 0 Å². The van der Waals surface area contributed by atoms with Crippen molar-refractivity contribution < 1.29 is 14.7 Å². The maximum Gasteiger partial charge on any atom is 0.326 e. The molecule has 1 rings (SSSR count). The lowest BCUT2D eigenvalue weighted by Crippen LogP contribution is -2.47. The molecule has 0 fully saturated rings. The summed E-state index contributed by atoms with van der Waals surface area (Å²) in [5, 5.41) is 14.5. The first kappa shape index (κ1) is 17.4. The van der Waals surface area contributed by atoms with Crippen molar-refractivity contribution in [2.24, 2.45) is 0 Å². The van der Waals surface area contributed by atoms with Crippen molar-refractivity contribution in [3.8, 4) is 0 Å². The Kier molecular flexibility index (Phi) is 7.68. The molecule has 2 atom stereocenters. The van der Waals surface area contributed by atoms with E-state index in [1.807, 2.05) is 43.5 Å². The molecule has 5 nitrogen and oxygen atoms in total. The highest BCUT2D eigenvalue weighted by Gasteiger charge is 2.21. The van der Waals surface area contributed by atoms with Crippen molar-refractivity contribution in [2.45, 2.75) is 31.8 Å². The van der Waals surface area contributed by atoms with Gasteiger partial charge in [0.1, 0.15) is 6.04 Å². The smallest absolute Gasteiger partial charge is 0.326 e. The van der Waals surface area contributed by atoms with Crippen LogP contribution < -0.4 is 10.6 Å². The third-order valence-electron chi connectivity index (χ3n) is 3.13. The Labute approximate surface area is 129 Å². The molecule has 1 aromatic rings. The number of hydrogen-bond acceptors (Lipinski definition) is 3. The molecule has 3 N–H and O–H groups in total. The van der Waals surface area contributed by atoms with Crippen LogP contribution in [-0.4, -0.2) is 35.2 Å². The molecule has 0 aliphatic rings. The van der Waals surface area contributed by atoms with Gasteiger partial charge in [0.05, 0.1) is 6.04 Å². The molecule has 0 spiro atoms. The van der Waals surface area contributed by atoms with Crippen LogP contribution in [0.15, 0.2) is 30.3 Å². The Morgan fingerprint density at radius 1 is 1.24 bits per heavy atom. The van der Waals surface area contributed by atoms with Gasteiger partial charge < -0.3 is 15.7 Å². The van der Waals surface area contributed by atoms with Crippen LogP contribution in [0.25, 0.3) is 0 Å². The molecule has 1 aromatic carbocycles. The summed E-state index contributed by atoms with van der Waals surface area (Å²) in [5.74, 6) is -0.320. The van der Waals surface area contributed by atoms with E-state index in [1.54, 1.807) is 11.8 Å².